The Bertz CT molecular complexity index is 937. The molecule has 0 saturated carbocycles. The van der Waals surface area contributed by atoms with E-state index in [2.05, 4.69) is 10.3 Å². The number of aromatic nitrogens is 2. The van der Waals surface area contributed by atoms with Gasteiger partial charge in [0.2, 0.25) is 0 Å². The van der Waals surface area contributed by atoms with Gasteiger partial charge in [0, 0.05) is 17.4 Å². The summed E-state index contributed by atoms with van der Waals surface area (Å²) in [5.74, 6) is 0.275. The SMILES string of the molecule is CCc1nc2ccc(Cl)cn2c1C(=O)Nc1ccc(OC)c(CO)c1. The zero-order valence-electron chi connectivity index (χ0n) is 13.9. The van der Waals surface area contributed by atoms with Gasteiger partial charge >= 0.3 is 0 Å². The number of aliphatic hydroxyl groups excluding tert-OH is 1. The molecule has 3 aromatic rings. The first-order chi connectivity index (χ1) is 12.1. The van der Waals surface area contributed by atoms with E-state index in [0.29, 0.717) is 45.5 Å². The molecule has 3 rings (SSSR count). The molecule has 0 bridgehead atoms. The van der Waals surface area contributed by atoms with Crippen LogP contribution in [0.2, 0.25) is 5.02 Å². The highest BCUT2D eigenvalue weighted by molar-refractivity contribution is 6.30. The summed E-state index contributed by atoms with van der Waals surface area (Å²) in [5, 5.41) is 12.8. The lowest BCUT2D eigenvalue weighted by Crippen LogP contribution is -2.16. The van der Waals surface area contributed by atoms with Crippen LogP contribution in [0.3, 0.4) is 0 Å². The van der Waals surface area contributed by atoms with Gasteiger partial charge in [-0.25, -0.2) is 4.98 Å². The van der Waals surface area contributed by atoms with E-state index in [1.165, 1.54) is 7.11 Å². The average molecular weight is 360 g/mol. The molecule has 2 aromatic heterocycles. The van der Waals surface area contributed by atoms with Crippen molar-refractivity contribution in [1.82, 2.24) is 9.38 Å². The molecular weight excluding hydrogens is 342 g/mol. The molecule has 0 fully saturated rings. The van der Waals surface area contributed by atoms with Crippen LogP contribution in [-0.2, 0) is 13.0 Å². The fourth-order valence-corrected chi connectivity index (χ4v) is 2.89. The molecule has 1 amide bonds. The molecule has 1 aromatic carbocycles. The van der Waals surface area contributed by atoms with E-state index in [1.807, 2.05) is 6.92 Å². The van der Waals surface area contributed by atoms with Gasteiger partial charge in [0.1, 0.15) is 17.1 Å². The number of nitrogens with one attached hydrogen (secondary N) is 1. The maximum absolute atomic E-state index is 12.8. The van der Waals surface area contributed by atoms with Gasteiger partial charge in [0.05, 0.1) is 24.4 Å². The van der Waals surface area contributed by atoms with Crippen molar-refractivity contribution in [2.75, 3.05) is 12.4 Å². The van der Waals surface area contributed by atoms with Crippen molar-refractivity contribution < 1.29 is 14.6 Å². The van der Waals surface area contributed by atoms with Crippen molar-refractivity contribution in [3.8, 4) is 5.75 Å². The maximum atomic E-state index is 12.8. The normalized spacial score (nSPS) is 10.9. The van der Waals surface area contributed by atoms with E-state index in [1.54, 1.807) is 40.9 Å². The number of carbonyl (C=O) groups is 1. The first kappa shape index (κ1) is 17.3. The first-order valence-electron chi connectivity index (χ1n) is 7.83. The number of hydrogen-bond acceptors (Lipinski definition) is 4. The van der Waals surface area contributed by atoms with Crippen molar-refractivity contribution >= 4 is 28.8 Å². The van der Waals surface area contributed by atoms with E-state index >= 15 is 0 Å². The van der Waals surface area contributed by atoms with E-state index < -0.39 is 0 Å². The summed E-state index contributed by atoms with van der Waals surface area (Å²) in [6, 6.07) is 8.61. The molecule has 0 atom stereocenters. The number of ether oxygens (including phenoxy) is 1. The van der Waals surface area contributed by atoms with Gasteiger partial charge in [-0.1, -0.05) is 18.5 Å². The number of pyridine rings is 1. The van der Waals surface area contributed by atoms with E-state index in [0.717, 1.165) is 0 Å². The predicted octanol–water partition coefficient (Wildman–Crippen LogP) is 3.30. The van der Waals surface area contributed by atoms with Crippen LogP contribution >= 0.6 is 11.6 Å². The van der Waals surface area contributed by atoms with Crippen molar-refractivity contribution in [2.45, 2.75) is 20.0 Å². The van der Waals surface area contributed by atoms with Crippen molar-refractivity contribution in [1.29, 1.82) is 0 Å². The third kappa shape index (κ3) is 3.31. The largest absolute Gasteiger partial charge is 0.496 e. The van der Waals surface area contributed by atoms with Gasteiger partial charge in [0.25, 0.3) is 5.91 Å². The molecule has 25 heavy (non-hydrogen) atoms. The minimum absolute atomic E-state index is 0.182. The lowest BCUT2D eigenvalue weighted by Gasteiger charge is -2.11. The molecule has 0 aliphatic rings. The van der Waals surface area contributed by atoms with Crippen LogP contribution in [-0.4, -0.2) is 27.5 Å². The lowest BCUT2D eigenvalue weighted by molar-refractivity contribution is 0.102. The summed E-state index contributed by atoms with van der Waals surface area (Å²) in [5.41, 5.74) is 2.96. The number of rotatable bonds is 5. The number of aliphatic hydroxyl groups is 1. The van der Waals surface area contributed by atoms with Crippen molar-refractivity contribution in [2.24, 2.45) is 0 Å². The molecule has 0 spiro atoms. The van der Waals surface area contributed by atoms with E-state index in [4.69, 9.17) is 16.3 Å². The molecular formula is C18H18ClN3O3. The quantitative estimate of drug-likeness (QED) is 0.732. The van der Waals surface area contributed by atoms with Gasteiger partial charge in [-0.15, -0.1) is 0 Å². The number of halogens is 1. The summed E-state index contributed by atoms with van der Waals surface area (Å²) in [6.07, 6.45) is 2.29. The number of hydrogen-bond donors (Lipinski definition) is 2. The number of fused-ring (bicyclic) bond motifs is 1. The molecule has 7 heteroatoms. The summed E-state index contributed by atoms with van der Waals surface area (Å²) in [6.45, 7) is 1.76. The number of aryl methyl sites for hydroxylation is 1. The number of benzene rings is 1. The number of imidazole rings is 1. The highest BCUT2D eigenvalue weighted by Crippen LogP contribution is 2.24. The monoisotopic (exact) mass is 359 g/mol. The average Bonchev–Trinajstić information content (AvgIpc) is 2.99. The Morgan fingerprint density at radius 2 is 2.16 bits per heavy atom. The minimum Gasteiger partial charge on any atom is -0.496 e. The van der Waals surface area contributed by atoms with Gasteiger partial charge in [-0.3, -0.25) is 9.20 Å². The van der Waals surface area contributed by atoms with Crippen LogP contribution in [0.5, 0.6) is 5.75 Å². The number of nitrogens with zero attached hydrogens (tertiary/aromatic N) is 2. The second kappa shape index (κ2) is 7.13. The number of amides is 1. The Morgan fingerprint density at radius 1 is 1.36 bits per heavy atom. The van der Waals surface area contributed by atoms with Gasteiger partial charge in [0.15, 0.2) is 0 Å². The zero-order chi connectivity index (χ0) is 18.0. The van der Waals surface area contributed by atoms with Crippen LogP contribution in [0.15, 0.2) is 36.5 Å². The predicted molar refractivity (Wildman–Crippen MR) is 96.5 cm³/mol. The molecule has 0 aliphatic heterocycles. The third-order valence-electron chi connectivity index (χ3n) is 3.91. The summed E-state index contributed by atoms with van der Waals surface area (Å²) in [4.78, 5) is 17.3. The molecule has 0 radical (unpaired) electrons. The molecule has 0 saturated heterocycles. The molecule has 2 N–H and O–H groups in total. The second-order valence-corrected chi connectivity index (χ2v) is 5.91. The topological polar surface area (TPSA) is 75.9 Å². The maximum Gasteiger partial charge on any atom is 0.274 e. The van der Waals surface area contributed by atoms with Crippen molar-refractivity contribution in [3.63, 3.8) is 0 Å². The summed E-state index contributed by atoms with van der Waals surface area (Å²) < 4.78 is 6.86. The third-order valence-corrected chi connectivity index (χ3v) is 4.14. The number of anilines is 1. The highest BCUT2D eigenvalue weighted by atomic mass is 35.5. The number of carbonyl (C=O) groups excluding carboxylic acids is 1. The van der Waals surface area contributed by atoms with Crippen LogP contribution < -0.4 is 10.1 Å². The Morgan fingerprint density at radius 3 is 2.84 bits per heavy atom. The molecule has 2 heterocycles. The van der Waals surface area contributed by atoms with Gasteiger partial charge in [-0.05, 0) is 36.8 Å². The molecule has 0 unspecified atom stereocenters. The van der Waals surface area contributed by atoms with E-state index in [9.17, 15) is 9.90 Å². The van der Waals surface area contributed by atoms with Crippen LogP contribution in [0, 0.1) is 0 Å². The zero-order valence-corrected chi connectivity index (χ0v) is 14.7. The second-order valence-electron chi connectivity index (χ2n) is 5.48. The Kier molecular flexibility index (Phi) is 4.92. The van der Waals surface area contributed by atoms with E-state index in [-0.39, 0.29) is 12.5 Å². The molecule has 130 valence electrons. The lowest BCUT2D eigenvalue weighted by atomic mass is 10.1. The Labute approximate surface area is 150 Å². The van der Waals surface area contributed by atoms with Crippen LogP contribution in [0.4, 0.5) is 5.69 Å². The van der Waals surface area contributed by atoms with Crippen LogP contribution in [0.1, 0.15) is 28.7 Å². The first-order valence-corrected chi connectivity index (χ1v) is 8.20. The minimum atomic E-state index is -0.291. The summed E-state index contributed by atoms with van der Waals surface area (Å²) in [7, 11) is 1.53. The van der Waals surface area contributed by atoms with Crippen LogP contribution in [0.25, 0.3) is 5.65 Å². The van der Waals surface area contributed by atoms with Gasteiger partial charge in [-0.2, -0.15) is 0 Å². The fraction of sp³-hybridized carbons (Fsp3) is 0.222. The smallest absolute Gasteiger partial charge is 0.274 e. The Balaban J connectivity index is 1.99. The standard InChI is InChI=1S/C18H18ClN3O3/c1-3-14-17(22-9-12(19)4-7-16(22)21-14)18(24)20-13-5-6-15(25-2)11(8-13)10-23/h4-9,23H,3,10H2,1-2H3,(H,20,24). The fourth-order valence-electron chi connectivity index (χ4n) is 2.72. The molecule has 6 nitrogen and oxygen atoms in total. The Hall–Kier alpha value is -2.57. The number of methoxy groups -OCH3 is 1. The van der Waals surface area contributed by atoms with Gasteiger partial charge < -0.3 is 15.2 Å². The van der Waals surface area contributed by atoms with Crippen molar-refractivity contribution in [3.05, 3.63) is 58.5 Å². The highest BCUT2D eigenvalue weighted by Gasteiger charge is 2.19. The summed E-state index contributed by atoms with van der Waals surface area (Å²) >= 11 is 6.06. The molecule has 0 aliphatic carbocycles.